The Kier molecular flexibility index (Phi) is 3.80. The molecule has 0 aromatic heterocycles. The molecule has 15 heavy (non-hydrogen) atoms. The van der Waals surface area contributed by atoms with Crippen LogP contribution >= 0.6 is 24.0 Å². The molecule has 0 bridgehead atoms. The minimum atomic E-state index is 0.945. The fourth-order valence-corrected chi connectivity index (χ4v) is 2.49. The van der Waals surface area contributed by atoms with Gasteiger partial charge in [-0.1, -0.05) is 42.5 Å². The van der Waals surface area contributed by atoms with Crippen LogP contribution in [0.2, 0.25) is 0 Å². The van der Waals surface area contributed by atoms with Crippen LogP contribution in [0.5, 0.6) is 0 Å². The standard InChI is InChI=1S/C12H13NS2/c14-12-10-15-9-8-13(12)7-6-11-4-2-1-3-5-11/h1-5,8-9H,6-7,10H2. The maximum absolute atomic E-state index is 5.30. The summed E-state index contributed by atoms with van der Waals surface area (Å²) in [6, 6.07) is 10.5. The number of benzene rings is 1. The minimum Gasteiger partial charge on any atom is -0.341 e. The highest BCUT2D eigenvalue weighted by Gasteiger charge is 2.09. The summed E-state index contributed by atoms with van der Waals surface area (Å²) >= 11 is 7.06. The Morgan fingerprint density at radius 1 is 1.27 bits per heavy atom. The van der Waals surface area contributed by atoms with E-state index >= 15 is 0 Å². The van der Waals surface area contributed by atoms with E-state index in [-0.39, 0.29) is 0 Å². The number of thiocarbonyl (C=S) groups is 1. The van der Waals surface area contributed by atoms with Crippen LogP contribution in [0.4, 0.5) is 0 Å². The van der Waals surface area contributed by atoms with Gasteiger partial charge in [-0.2, -0.15) is 0 Å². The molecule has 0 radical (unpaired) electrons. The van der Waals surface area contributed by atoms with E-state index in [1.165, 1.54) is 5.56 Å². The second-order valence-corrected chi connectivity index (χ2v) is 4.78. The molecule has 0 fully saturated rings. The van der Waals surface area contributed by atoms with Gasteiger partial charge >= 0.3 is 0 Å². The summed E-state index contributed by atoms with van der Waals surface area (Å²) in [7, 11) is 0. The lowest BCUT2D eigenvalue weighted by molar-refractivity contribution is 0.564. The predicted molar refractivity (Wildman–Crippen MR) is 71.0 cm³/mol. The van der Waals surface area contributed by atoms with Crippen LogP contribution in [0.15, 0.2) is 41.9 Å². The first-order valence-corrected chi connectivity index (χ1v) is 6.43. The van der Waals surface area contributed by atoms with Crippen molar-refractivity contribution in [3.05, 3.63) is 47.5 Å². The lowest BCUT2D eigenvalue weighted by Crippen LogP contribution is -2.29. The van der Waals surface area contributed by atoms with Crippen molar-refractivity contribution in [1.29, 1.82) is 0 Å². The fraction of sp³-hybridized carbons (Fsp3) is 0.250. The van der Waals surface area contributed by atoms with Gasteiger partial charge < -0.3 is 4.90 Å². The lowest BCUT2D eigenvalue weighted by Gasteiger charge is -2.23. The normalized spacial score (nSPS) is 15.7. The molecule has 0 aliphatic carbocycles. The summed E-state index contributed by atoms with van der Waals surface area (Å²) in [5.74, 6) is 0.945. The van der Waals surface area contributed by atoms with E-state index < -0.39 is 0 Å². The van der Waals surface area contributed by atoms with Crippen molar-refractivity contribution in [3.8, 4) is 0 Å². The Morgan fingerprint density at radius 2 is 2.07 bits per heavy atom. The maximum atomic E-state index is 5.30. The van der Waals surface area contributed by atoms with Gasteiger partial charge in [0.1, 0.15) is 0 Å². The summed E-state index contributed by atoms with van der Waals surface area (Å²) in [5, 5.41) is 2.11. The van der Waals surface area contributed by atoms with Gasteiger partial charge in [0.15, 0.2) is 0 Å². The topological polar surface area (TPSA) is 3.24 Å². The zero-order chi connectivity index (χ0) is 10.5. The van der Waals surface area contributed by atoms with Crippen LogP contribution in [-0.4, -0.2) is 22.2 Å². The average molecular weight is 235 g/mol. The monoisotopic (exact) mass is 235 g/mol. The molecule has 0 amide bonds. The molecule has 1 aromatic carbocycles. The van der Waals surface area contributed by atoms with Crippen LogP contribution in [0.1, 0.15) is 5.56 Å². The SMILES string of the molecule is S=C1CSC=CN1CCc1ccccc1. The van der Waals surface area contributed by atoms with Gasteiger partial charge in [0.2, 0.25) is 0 Å². The molecule has 0 saturated carbocycles. The first kappa shape index (κ1) is 10.7. The van der Waals surface area contributed by atoms with E-state index in [9.17, 15) is 0 Å². The van der Waals surface area contributed by atoms with Crippen molar-refractivity contribution in [2.45, 2.75) is 6.42 Å². The minimum absolute atomic E-state index is 0.945. The van der Waals surface area contributed by atoms with Crippen molar-refractivity contribution in [2.75, 3.05) is 12.3 Å². The van der Waals surface area contributed by atoms with E-state index in [0.29, 0.717) is 0 Å². The second kappa shape index (κ2) is 5.33. The highest BCUT2D eigenvalue weighted by atomic mass is 32.2. The van der Waals surface area contributed by atoms with E-state index in [2.05, 4.69) is 40.8 Å². The van der Waals surface area contributed by atoms with Crippen LogP contribution in [0, 0.1) is 0 Å². The molecule has 1 aromatic rings. The number of nitrogens with zero attached hydrogens (tertiary/aromatic N) is 1. The van der Waals surface area contributed by atoms with E-state index in [4.69, 9.17) is 12.2 Å². The summed E-state index contributed by atoms with van der Waals surface area (Å²) < 4.78 is 0. The van der Waals surface area contributed by atoms with E-state index in [1.807, 2.05) is 6.07 Å². The van der Waals surface area contributed by atoms with Crippen LogP contribution in [0.25, 0.3) is 0 Å². The molecule has 0 atom stereocenters. The lowest BCUT2D eigenvalue weighted by atomic mass is 10.1. The molecule has 1 aliphatic heterocycles. The Balaban J connectivity index is 1.90. The zero-order valence-electron chi connectivity index (χ0n) is 8.43. The Bertz CT molecular complexity index is 359. The second-order valence-electron chi connectivity index (χ2n) is 3.42. The molecule has 0 spiro atoms. The van der Waals surface area contributed by atoms with Gasteiger partial charge in [-0.3, -0.25) is 0 Å². The Labute approximate surface area is 100 Å². The molecule has 78 valence electrons. The summed E-state index contributed by atoms with van der Waals surface area (Å²) in [6.45, 7) is 0.986. The molecule has 2 rings (SSSR count). The number of hydrogen-bond donors (Lipinski definition) is 0. The summed E-state index contributed by atoms with van der Waals surface area (Å²) in [4.78, 5) is 3.21. The summed E-state index contributed by atoms with van der Waals surface area (Å²) in [6.07, 6.45) is 3.13. The molecule has 0 N–H and O–H groups in total. The molecule has 3 heteroatoms. The first-order chi connectivity index (χ1) is 7.36. The van der Waals surface area contributed by atoms with E-state index in [1.54, 1.807) is 11.8 Å². The van der Waals surface area contributed by atoms with E-state index in [0.717, 1.165) is 23.7 Å². The van der Waals surface area contributed by atoms with Gasteiger partial charge in [-0.05, 0) is 17.4 Å². The van der Waals surface area contributed by atoms with Crippen molar-refractivity contribution in [2.24, 2.45) is 0 Å². The maximum Gasteiger partial charge on any atom is 0.0923 e. The molecule has 0 unspecified atom stereocenters. The van der Waals surface area contributed by atoms with Gasteiger partial charge in [0, 0.05) is 18.5 Å². The van der Waals surface area contributed by atoms with Crippen LogP contribution < -0.4 is 0 Å². The summed E-state index contributed by atoms with van der Waals surface area (Å²) in [5.41, 5.74) is 1.37. The third-order valence-electron chi connectivity index (χ3n) is 2.35. The molecular formula is C12H13NS2. The van der Waals surface area contributed by atoms with Crippen molar-refractivity contribution >= 4 is 29.0 Å². The van der Waals surface area contributed by atoms with Crippen molar-refractivity contribution < 1.29 is 0 Å². The van der Waals surface area contributed by atoms with Gasteiger partial charge in [-0.25, -0.2) is 0 Å². The zero-order valence-corrected chi connectivity index (χ0v) is 10.1. The number of rotatable bonds is 3. The number of hydrogen-bond acceptors (Lipinski definition) is 2. The fourth-order valence-electron chi connectivity index (χ4n) is 1.50. The average Bonchev–Trinajstić information content (AvgIpc) is 2.29. The largest absolute Gasteiger partial charge is 0.341 e. The van der Waals surface area contributed by atoms with Crippen molar-refractivity contribution in [3.63, 3.8) is 0 Å². The third kappa shape index (κ3) is 3.08. The van der Waals surface area contributed by atoms with Crippen LogP contribution in [0.3, 0.4) is 0 Å². The predicted octanol–water partition coefficient (Wildman–Crippen LogP) is 3.08. The molecule has 1 heterocycles. The number of thioether (sulfide) groups is 1. The smallest absolute Gasteiger partial charge is 0.0923 e. The van der Waals surface area contributed by atoms with Crippen molar-refractivity contribution in [1.82, 2.24) is 4.90 Å². The van der Waals surface area contributed by atoms with Gasteiger partial charge in [-0.15, -0.1) is 11.8 Å². The molecule has 1 nitrogen and oxygen atoms in total. The Hall–Kier alpha value is -0.800. The van der Waals surface area contributed by atoms with Gasteiger partial charge in [0.25, 0.3) is 0 Å². The molecular weight excluding hydrogens is 222 g/mol. The Morgan fingerprint density at radius 3 is 2.80 bits per heavy atom. The first-order valence-electron chi connectivity index (χ1n) is 4.98. The van der Waals surface area contributed by atoms with Crippen LogP contribution in [-0.2, 0) is 6.42 Å². The third-order valence-corrected chi connectivity index (χ3v) is 3.66. The molecule has 1 aliphatic rings. The molecule has 0 saturated heterocycles. The highest BCUT2D eigenvalue weighted by molar-refractivity contribution is 8.03. The van der Waals surface area contributed by atoms with Gasteiger partial charge in [0.05, 0.1) is 4.99 Å². The quantitative estimate of drug-likeness (QED) is 0.741. The highest BCUT2D eigenvalue weighted by Crippen LogP contribution is 2.14.